The predicted molar refractivity (Wildman–Crippen MR) is 81.4 cm³/mol. The van der Waals surface area contributed by atoms with E-state index in [1.54, 1.807) is 25.3 Å². The molecule has 0 saturated heterocycles. The maximum atomic E-state index is 8.90. The summed E-state index contributed by atoms with van der Waals surface area (Å²) >= 11 is 0. The van der Waals surface area contributed by atoms with Gasteiger partial charge in [0.25, 0.3) is 0 Å². The molecule has 0 aliphatic heterocycles. The summed E-state index contributed by atoms with van der Waals surface area (Å²) in [6.45, 7) is 2.04. The molecular formula is C17H18N2O2. The first-order valence-corrected chi connectivity index (χ1v) is 6.79. The Kier molecular flexibility index (Phi) is 4.81. The van der Waals surface area contributed by atoms with Gasteiger partial charge in [-0.15, -0.1) is 0 Å². The van der Waals surface area contributed by atoms with Crippen LogP contribution in [0.4, 0.5) is 0 Å². The Morgan fingerprint density at radius 1 is 1.19 bits per heavy atom. The second-order valence-corrected chi connectivity index (χ2v) is 4.67. The summed E-state index contributed by atoms with van der Waals surface area (Å²) in [5, 5.41) is 8.90. The van der Waals surface area contributed by atoms with E-state index in [-0.39, 0.29) is 6.04 Å². The van der Waals surface area contributed by atoms with Crippen LogP contribution in [0.2, 0.25) is 0 Å². The number of nitriles is 1. The van der Waals surface area contributed by atoms with Crippen LogP contribution in [0.3, 0.4) is 0 Å². The minimum Gasteiger partial charge on any atom is -0.493 e. The molecule has 21 heavy (non-hydrogen) atoms. The van der Waals surface area contributed by atoms with E-state index in [9.17, 15) is 0 Å². The molecule has 2 aromatic rings. The molecule has 0 aromatic heterocycles. The summed E-state index contributed by atoms with van der Waals surface area (Å²) in [7, 11) is 1.55. The molecule has 0 spiro atoms. The third-order valence-electron chi connectivity index (χ3n) is 3.25. The lowest BCUT2D eigenvalue weighted by atomic mass is 10.1. The van der Waals surface area contributed by atoms with E-state index in [4.69, 9.17) is 20.5 Å². The van der Waals surface area contributed by atoms with Gasteiger partial charge in [-0.2, -0.15) is 5.26 Å². The number of nitrogens with two attached hydrogens (primary N) is 1. The Morgan fingerprint density at radius 3 is 2.67 bits per heavy atom. The fraction of sp³-hybridized carbons (Fsp3) is 0.235. The fourth-order valence-corrected chi connectivity index (χ4v) is 1.99. The van der Waals surface area contributed by atoms with Gasteiger partial charge >= 0.3 is 0 Å². The van der Waals surface area contributed by atoms with Crippen molar-refractivity contribution in [3.8, 4) is 23.3 Å². The van der Waals surface area contributed by atoms with Crippen molar-refractivity contribution < 1.29 is 9.47 Å². The smallest absolute Gasteiger partial charge is 0.169 e. The van der Waals surface area contributed by atoms with Gasteiger partial charge in [0.1, 0.15) is 5.75 Å². The molecule has 0 radical (unpaired) electrons. The Hall–Kier alpha value is -2.51. The highest BCUT2D eigenvalue weighted by Gasteiger charge is 2.09. The van der Waals surface area contributed by atoms with E-state index >= 15 is 0 Å². The molecule has 4 nitrogen and oxygen atoms in total. The monoisotopic (exact) mass is 282 g/mol. The van der Waals surface area contributed by atoms with Gasteiger partial charge in [-0.25, -0.2) is 0 Å². The number of rotatable bonds is 5. The van der Waals surface area contributed by atoms with Crippen molar-refractivity contribution in [3.63, 3.8) is 0 Å². The average molecular weight is 282 g/mol. The van der Waals surface area contributed by atoms with E-state index in [1.807, 2.05) is 31.2 Å². The van der Waals surface area contributed by atoms with Gasteiger partial charge in [0.05, 0.1) is 18.7 Å². The lowest BCUT2D eigenvalue weighted by molar-refractivity contribution is 0.378. The molecule has 2 aromatic carbocycles. The van der Waals surface area contributed by atoms with Crippen molar-refractivity contribution in [2.24, 2.45) is 5.73 Å². The van der Waals surface area contributed by atoms with Crippen LogP contribution in [0, 0.1) is 11.3 Å². The highest BCUT2D eigenvalue weighted by Crippen LogP contribution is 2.33. The minimum absolute atomic E-state index is 0.00332. The van der Waals surface area contributed by atoms with E-state index in [2.05, 4.69) is 6.07 Å². The zero-order valence-corrected chi connectivity index (χ0v) is 12.2. The molecule has 2 rings (SSSR count). The zero-order valence-electron chi connectivity index (χ0n) is 12.2. The first-order valence-electron chi connectivity index (χ1n) is 6.79. The van der Waals surface area contributed by atoms with Crippen LogP contribution in [-0.2, 0) is 0 Å². The van der Waals surface area contributed by atoms with Crippen LogP contribution < -0.4 is 15.2 Å². The lowest BCUT2D eigenvalue weighted by Crippen LogP contribution is -2.08. The van der Waals surface area contributed by atoms with Crippen molar-refractivity contribution in [3.05, 3.63) is 53.6 Å². The number of hydrogen-bond acceptors (Lipinski definition) is 4. The molecule has 0 amide bonds. The third kappa shape index (κ3) is 3.53. The molecule has 108 valence electrons. The standard InChI is InChI=1S/C17H18N2O2/c1-3-15(19)13-5-4-6-14(10-13)21-16-8-7-12(11-18)9-17(16)20-2/h4-10,15H,3,19H2,1-2H3. The van der Waals surface area contributed by atoms with Gasteiger partial charge in [0, 0.05) is 12.1 Å². The zero-order chi connectivity index (χ0) is 15.2. The molecule has 0 aliphatic rings. The van der Waals surface area contributed by atoms with Crippen molar-refractivity contribution in [1.29, 1.82) is 5.26 Å². The summed E-state index contributed by atoms with van der Waals surface area (Å²) in [6, 6.07) is 14.8. The SMILES string of the molecule is CCC(N)c1cccc(Oc2ccc(C#N)cc2OC)c1. The Labute approximate surface area is 124 Å². The number of nitrogens with zero attached hydrogens (tertiary/aromatic N) is 1. The van der Waals surface area contributed by atoms with Gasteiger partial charge in [-0.1, -0.05) is 19.1 Å². The normalized spacial score (nSPS) is 11.5. The van der Waals surface area contributed by atoms with Crippen LogP contribution >= 0.6 is 0 Å². The second kappa shape index (κ2) is 6.78. The van der Waals surface area contributed by atoms with Gasteiger partial charge in [-0.3, -0.25) is 0 Å². The fourth-order valence-electron chi connectivity index (χ4n) is 1.99. The molecular weight excluding hydrogens is 264 g/mol. The Bertz CT molecular complexity index is 662. The van der Waals surface area contributed by atoms with Crippen LogP contribution in [-0.4, -0.2) is 7.11 Å². The summed E-state index contributed by atoms with van der Waals surface area (Å²) in [6.07, 6.45) is 0.865. The molecule has 1 atom stereocenters. The summed E-state index contributed by atoms with van der Waals surface area (Å²) in [5.74, 6) is 1.79. The molecule has 2 N–H and O–H groups in total. The van der Waals surface area contributed by atoms with Crippen molar-refractivity contribution in [1.82, 2.24) is 0 Å². The van der Waals surface area contributed by atoms with E-state index in [0.29, 0.717) is 22.8 Å². The molecule has 0 aliphatic carbocycles. The molecule has 0 heterocycles. The maximum Gasteiger partial charge on any atom is 0.169 e. The highest BCUT2D eigenvalue weighted by molar-refractivity contribution is 5.48. The molecule has 4 heteroatoms. The summed E-state index contributed by atoms with van der Waals surface area (Å²) < 4.78 is 11.1. The quantitative estimate of drug-likeness (QED) is 0.906. The highest BCUT2D eigenvalue weighted by atomic mass is 16.5. The van der Waals surface area contributed by atoms with Crippen LogP contribution in [0.5, 0.6) is 17.2 Å². The van der Waals surface area contributed by atoms with Crippen molar-refractivity contribution >= 4 is 0 Å². The molecule has 1 unspecified atom stereocenters. The first kappa shape index (κ1) is 14.9. The average Bonchev–Trinajstić information content (AvgIpc) is 2.54. The number of benzene rings is 2. The number of ether oxygens (including phenoxy) is 2. The van der Waals surface area contributed by atoms with Gasteiger partial charge in [-0.05, 0) is 36.2 Å². The van der Waals surface area contributed by atoms with E-state index < -0.39 is 0 Å². The van der Waals surface area contributed by atoms with Crippen molar-refractivity contribution in [2.75, 3.05) is 7.11 Å². The lowest BCUT2D eigenvalue weighted by Gasteiger charge is -2.13. The molecule has 0 fully saturated rings. The summed E-state index contributed by atoms with van der Waals surface area (Å²) in [4.78, 5) is 0. The predicted octanol–water partition coefficient (Wildman–Crippen LogP) is 3.77. The Morgan fingerprint density at radius 2 is 2.00 bits per heavy atom. The van der Waals surface area contributed by atoms with Crippen molar-refractivity contribution in [2.45, 2.75) is 19.4 Å². The van der Waals surface area contributed by atoms with Gasteiger partial charge in [0.2, 0.25) is 0 Å². The Balaban J connectivity index is 2.28. The minimum atomic E-state index is -0.00332. The van der Waals surface area contributed by atoms with Gasteiger partial charge < -0.3 is 15.2 Å². The van der Waals surface area contributed by atoms with Crippen LogP contribution in [0.15, 0.2) is 42.5 Å². The second-order valence-electron chi connectivity index (χ2n) is 4.67. The number of methoxy groups -OCH3 is 1. The maximum absolute atomic E-state index is 8.90. The van der Waals surface area contributed by atoms with E-state index in [1.165, 1.54) is 0 Å². The largest absolute Gasteiger partial charge is 0.493 e. The topological polar surface area (TPSA) is 68.3 Å². The molecule has 0 bridgehead atoms. The van der Waals surface area contributed by atoms with Crippen LogP contribution in [0.25, 0.3) is 0 Å². The van der Waals surface area contributed by atoms with E-state index in [0.717, 1.165) is 12.0 Å². The van der Waals surface area contributed by atoms with Gasteiger partial charge in [0.15, 0.2) is 11.5 Å². The third-order valence-corrected chi connectivity index (χ3v) is 3.25. The number of hydrogen-bond donors (Lipinski definition) is 1. The first-order chi connectivity index (χ1) is 10.2. The van der Waals surface area contributed by atoms with Crippen LogP contribution in [0.1, 0.15) is 30.5 Å². The molecule has 0 saturated carbocycles. The summed E-state index contributed by atoms with van der Waals surface area (Å²) in [5.41, 5.74) is 7.59.